The van der Waals surface area contributed by atoms with Crippen molar-refractivity contribution in [3.63, 3.8) is 0 Å². The fourth-order valence-corrected chi connectivity index (χ4v) is 2.54. The van der Waals surface area contributed by atoms with E-state index in [9.17, 15) is 20.1 Å². The van der Waals surface area contributed by atoms with Gasteiger partial charge in [-0.15, -0.1) is 0 Å². The molecule has 3 rings (SSSR count). The van der Waals surface area contributed by atoms with Gasteiger partial charge in [0.2, 0.25) is 0 Å². The fourth-order valence-electron chi connectivity index (χ4n) is 2.54. The Morgan fingerprint density at radius 2 is 1.78 bits per heavy atom. The molecule has 1 heterocycles. The molecule has 1 aromatic rings. The topological polar surface area (TPSA) is 81.0 Å². The number of phenols is 2. The van der Waals surface area contributed by atoms with Crippen LogP contribution in [0.25, 0.3) is 0 Å². The van der Waals surface area contributed by atoms with E-state index in [1.165, 1.54) is 23.1 Å². The zero-order chi connectivity index (χ0) is 12.9. The van der Waals surface area contributed by atoms with Gasteiger partial charge >= 0.3 is 0 Å². The lowest BCUT2D eigenvalue weighted by molar-refractivity contribution is -0.0959. The fraction of sp³-hybridized carbons (Fsp3) is 0.462. The molecule has 2 aliphatic rings. The molecule has 3 N–H and O–H groups in total. The van der Waals surface area contributed by atoms with Gasteiger partial charge in [0.15, 0.2) is 0 Å². The van der Waals surface area contributed by atoms with Crippen molar-refractivity contribution in [2.75, 3.05) is 13.1 Å². The van der Waals surface area contributed by atoms with E-state index in [1.54, 1.807) is 0 Å². The van der Waals surface area contributed by atoms with E-state index in [0.29, 0.717) is 5.92 Å². The lowest BCUT2D eigenvalue weighted by Gasteiger charge is -2.47. The van der Waals surface area contributed by atoms with Crippen LogP contribution in [0, 0.1) is 5.92 Å². The monoisotopic (exact) mass is 249 g/mol. The van der Waals surface area contributed by atoms with Crippen molar-refractivity contribution >= 4 is 5.91 Å². The van der Waals surface area contributed by atoms with Gasteiger partial charge in [0.05, 0.1) is 13.1 Å². The SMILES string of the molecule is O=C(c1c(O)cccc1O)N1CC(O)(C2CC2)C1. The van der Waals surface area contributed by atoms with Crippen molar-refractivity contribution in [3.8, 4) is 11.5 Å². The molecule has 18 heavy (non-hydrogen) atoms. The highest BCUT2D eigenvalue weighted by Gasteiger charge is 2.53. The lowest BCUT2D eigenvalue weighted by atomic mass is 9.88. The molecule has 0 unspecified atom stereocenters. The molecule has 1 aliphatic carbocycles. The number of hydrogen-bond acceptors (Lipinski definition) is 4. The number of carbonyl (C=O) groups excluding carboxylic acids is 1. The number of aromatic hydroxyl groups is 2. The van der Waals surface area contributed by atoms with Crippen LogP contribution in [-0.2, 0) is 0 Å². The molecule has 0 aromatic heterocycles. The molecular weight excluding hydrogens is 234 g/mol. The minimum absolute atomic E-state index is 0.0876. The highest BCUT2D eigenvalue weighted by Crippen LogP contribution is 2.45. The highest BCUT2D eigenvalue weighted by molar-refractivity contribution is 6.00. The molecule has 0 atom stereocenters. The number of likely N-dealkylation sites (tertiary alicyclic amines) is 1. The molecule has 5 nitrogen and oxygen atoms in total. The highest BCUT2D eigenvalue weighted by atomic mass is 16.3. The normalized spacial score (nSPS) is 21.5. The molecular formula is C13H15NO4. The predicted molar refractivity (Wildman–Crippen MR) is 63.3 cm³/mol. The smallest absolute Gasteiger partial charge is 0.261 e. The Bertz CT molecular complexity index is 483. The first-order valence-corrected chi connectivity index (χ1v) is 6.04. The van der Waals surface area contributed by atoms with Crippen LogP contribution in [0.15, 0.2) is 18.2 Å². The van der Waals surface area contributed by atoms with Crippen molar-refractivity contribution < 1.29 is 20.1 Å². The number of phenolic OH excluding ortho intramolecular Hbond substituents is 2. The van der Waals surface area contributed by atoms with E-state index in [4.69, 9.17) is 0 Å². The summed E-state index contributed by atoms with van der Waals surface area (Å²) in [5.41, 5.74) is -0.842. The Morgan fingerprint density at radius 3 is 2.28 bits per heavy atom. The third-order valence-corrected chi connectivity index (χ3v) is 3.79. The summed E-state index contributed by atoms with van der Waals surface area (Å²) in [6.45, 7) is 0.564. The van der Waals surface area contributed by atoms with Crippen LogP contribution in [0.4, 0.5) is 0 Å². The summed E-state index contributed by atoms with van der Waals surface area (Å²) >= 11 is 0. The third kappa shape index (κ3) is 1.62. The Balaban J connectivity index is 1.76. The summed E-state index contributed by atoms with van der Waals surface area (Å²) < 4.78 is 0. The molecule has 0 bridgehead atoms. The maximum Gasteiger partial charge on any atom is 0.261 e. The van der Waals surface area contributed by atoms with Crippen molar-refractivity contribution in [2.45, 2.75) is 18.4 Å². The first-order chi connectivity index (χ1) is 8.51. The van der Waals surface area contributed by atoms with E-state index in [2.05, 4.69) is 0 Å². The van der Waals surface area contributed by atoms with Crippen LogP contribution in [-0.4, -0.2) is 44.8 Å². The van der Waals surface area contributed by atoms with Crippen molar-refractivity contribution in [1.29, 1.82) is 0 Å². The number of amides is 1. The maximum absolute atomic E-state index is 12.1. The Hall–Kier alpha value is -1.75. The van der Waals surface area contributed by atoms with E-state index >= 15 is 0 Å². The maximum atomic E-state index is 12.1. The zero-order valence-electron chi connectivity index (χ0n) is 9.83. The average molecular weight is 249 g/mol. The number of β-amino-alcohol motifs (C(OH)–C–C–N with tert-alkyl or cyclic N) is 1. The summed E-state index contributed by atoms with van der Waals surface area (Å²) in [4.78, 5) is 13.5. The summed E-state index contributed by atoms with van der Waals surface area (Å²) in [6, 6.07) is 4.19. The minimum Gasteiger partial charge on any atom is -0.507 e. The van der Waals surface area contributed by atoms with Gasteiger partial charge in [0.25, 0.3) is 5.91 Å². The molecule has 1 aromatic carbocycles. The first-order valence-electron chi connectivity index (χ1n) is 6.04. The van der Waals surface area contributed by atoms with Crippen LogP contribution in [0.3, 0.4) is 0 Å². The van der Waals surface area contributed by atoms with Crippen LogP contribution < -0.4 is 0 Å². The second kappa shape index (κ2) is 3.62. The molecule has 5 heteroatoms. The van der Waals surface area contributed by atoms with Gasteiger partial charge in [0, 0.05) is 0 Å². The molecule has 1 aliphatic heterocycles. The molecule has 0 radical (unpaired) electrons. The minimum atomic E-state index is -0.754. The molecule has 96 valence electrons. The quantitative estimate of drug-likeness (QED) is 0.720. The van der Waals surface area contributed by atoms with Crippen molar-refractivity contribution in [3.05, 3.63) is 23.8 Å². The Labute approximate surface area is 104 Å². The number of rotatable bonds is 2. The summed E-state index contributed by atoms with van der Waals surface area (Å²) in [7, 11) is 0. The summed E-state index contributed by atoms with van der Waals surface area (Å²) in [6.07, 6.45) is 2.03. The zero-order valence-corrected chi connectivity index (χ0v) is 9.83. The number of aliphatic hydroxyl groups is 1. The van der Waals surface area contributed by atoms with E-state index in [0.717, 1.165) is 12.8 Å². The van der Waals surface area contributed by atoms with Gasteiger partial charge in [0.1, 0.15) is 22.7 Å². The van der Waals surface area contributed by atoms with Crippen LogP contribution in [0.1, 0.15) is 23.2 Å². The predicted octanol–water partition coefficient (Wildman–Crippen LogP) is 0.695. The van der Waals surface area contributed by atoms with Crippen LogP contribution >= 0.6 is 0 Å². The van der Waals surface area contributed by atoms with Crippen molar-refractivity contribution in [2.24, 2.45) is 5.92 Å². The molecule has 2 fully saturated rings. The first kappa shape index (κ1) is 11.3. The number of nitrogens with zero attached hydrogens (tertiary/aromatic N) is 1. The van der Waals surface area contributed by atoms with Crippen LogP contribution in [0.5, 0.6) is 11.5 Å². The number of carbonyl (C=O) groups is 1. The number of hydrogen-bond donors (Lipinski definition) is 3. The van der Waals surface area contributed by atoms with Gasteiger partial charge in [-0.3, -0.25) is 4.79 Å². The average Bonchev–Trinajstić information content (AvgIpc) is 3.08. The molecule has 0 spiro atoms. The largest absolute Gasteiger partial charge is 0.507 e. The summed E-state index contributed by atoms with van der Waals surface area (Å²) in [5.74, 6) is -0.598. The van der Waals surface area contributed by atoms with Gasteiger partial charge in [-0.1, -0.05) is 6.07 Å². The Kier molecular flexibility index (Phi) is 2.28. The molecule has 1 amide bonds. The van der Waals surface area contributed by atoms with Crippen LogP contribution in [0.2, 0.25) is 0 Å². The Morgan fingerprint density at radius 1 is 1.22 bits per heavy atom. The van der Waals surface area contributed by atoms with E-state index in [1.807, 2.05) is 0 Å². The lowest BCUT2D eigenvalue weighted by Crippen LogP contribution is -2.64. The van der Waals surface area contributed by atoms with Gasteiger partial charge < -0.3 is 20.2 Å². The number of benzene rings is 1. The molecule has 1 saturated carbocycles. The second-order valence-electron chi connectivity index (χ2n) is 5.21. The standard InChI is InChI=1S/C13H15NO4/c15-9-2-1-3-10(16)11(9)12(17)14-6-13(18,7-14)8-4-5-8/h1-3,8,15-16,18H,4-7H2. The van der Waals surface area contributed by atoms with E-state index < -0.39 is 11.5 Å². The van der Waals surface area contributed by atoms with Gasteiger partial charge in [-0.05, 0) is 30.9 Å². The summed E-state index contributed by atoms with van der Waals surface area (Å²) in [5, 5.41) is 29.4. The van der Waals surface area contributed by atoms with E-state index in [-0.39, 0.29) is 30.2 Å². The third-order valence-electron chi connectivity index (χ3n) is 3.79. The molecule has 1 saturated heterocycles. The van der Waals surface area contributed by atoms with Crippen molar-refractivity contribution in [1.82, 2.24) is 4.90 Å². The van der Waals surface area contributed by atoms with Gasteiger partial charge in [-0.2, -0.15) is 0 Å². The second-order valence-corrected chi connectivity index (χ2v) is 5.21. The van der Waals surface area contributed by atoms with Gasteiger partial charge in [-0.25, -0.2) is 0 Å².